The zero-order chi connectivity index (χ0) is 15.1. The van der Waals surface area contributed by atoms with E-state index in [2.05, 4.69) is 15.6 Å². The number of thioether (sulfide) groups is 1. The molecule has 0 bridgehead atoms. The average Bonchev–Trinajstić information content (AvgIpc) is 2.45. The van der Waals surface area contributed by atoms with E-state index in [0.29, 0.717) is 18.1 Å². The highest BCUT2D eigenvalue weighted by Gasteiger charge is 2.18. The molecule has 1 aliphatic heterocycles. The molecule has 1 heterocycles. The zero-order valence-electron chi connectivity index (χ0n) is 12.0. The van der Waals surface area contributed by atoms with E-state index in [1.165, 1.54) is 17.3 Å². The van der Waals surface area contributed by atoms with E-state index < -0.39 is 0 Å². The molecule has 0 fully saturated rings. The molecule has 0 aromatic heterocycles. The van der Waals surface area contributed by atoms with Crippen molar-refractivity contribution >= 4 is 28.7 Å². The van der Waals surface area contributed by atoms with E-state index in [9.17, 15) is 9.59 Å². The topological polar surface area (TPSA) is 70.6 Å². The first-order chi connectivity index (χ1) is 10.1. The van der Waals surface area contributed by atoms with E-state index in [0.717, 1.165) is 6.42 Å². The highest BCUT2D eigenvalue weighted by Crippen LogP contribution is 2.10. The second kappa shape index (κ2) is 7.83. The van der Waals surface area contributed by atoms with E-state index in [1.807, 2.05) is 37.3 Å². The number of amidine groups is 1. The molecule has 0 saturated heterocycles. The third-order valence-corrected chi connectivity index (χ3v) is 3.87. The third kappa shape index (κ3) is 5.59. The van der Waals surface area contributed by atoms with Crippen molar-refractivity contribution in [3.8, 4) is 0 Å². The minimum atomic E-state index is -0.0499. The summed E-state index contributed by atoms with van der Waals surface area (Å²) in [6, 6.07) is 10.0. The molecule has 1 aliphatic rings. The van der Waals surface area contributed by atoms with Crippen LogP contribution in [0.25, 0.3) is 0 Å². The fraction of sp³-hybridized carbons (Fsp3) is 0.400. The predicted octanol–water partition coefficient (Wildman–Crippen LogP) is 1.34. The molecule has 0 spiro atoms. The molecular weight excluding hydrogens is 286 g/mol. The molecule has 2 amide bonds. The van der Waals surface area contributed by atoms with Crippen molar-refractivity contribution in [3.05, 3.63) is 35.9 Å². The summed E-state index contributed by atoms with van der Waals surface area (Å²) in [5.41, 5.74) is 1.20. The average molecular weight is 305 g/mol. The van der Waals surface area contributed by atoms with Crippen molar-refractivity contribution in [1.29, 1.82) is 0 Å². The van der Waals surface area contributed by atoms with Gasteiger partial charge in [-0.1, -0.05) is 42.1 Å². The van der Waals surface area contributed by atoms with Gasteiger partial charge in [0.1, 0.15) is 0 Å². The van der Waals surface area contributed by atoms with Crippen molar-refractivity contribution in [2.24, 2.45) is 4.99 Å². The quantitative estimate of drug-likeness (QED) is 0.862. The van der Waals surface area contributed by atoms with Gasteiger partial charge in [-0.3, -0.25) is 14.6 Å². The summed E-state index contributed by atoms with van der Waals surface area (Å²) in [7, 11) is 0. The number of carbonyl (C=O) groups excluding carboxylic acids is 2. The highest BCUT2D eigenvalue weighted by atomic mass is 32.2. The van der Waals surface area contributed by atoms with Crippen LogP contribution in [0.2, 0.25) is 0 Å². The number of nitrogens with zero attached hydrogens (tertiary/aromatic N) is 1. The molecule has 2 N–H and O–H groups in total. The van der Waals surface area contributed by atoms with E-state index in [1.54, 1.807) is 0 Å². The summed E-state index contributed by atoms with van der Waals surface area (Å²) in [5.74, 6) is 0.177. The van der Waals surface area contributed by atoms with Crippen molar-refractivity contribution in [3.63, 3.8) is 0 Å². The Bertz CT molecular complexity index is 531. The van der Waals surface area contributed by atoms with Crippen LogP contribution in [-0.2, 0) is 16.0 Å². The van der Waals surface area contributed by atoms with Gasteiger partial charge in [0.15, 0.2) is 5.17 Å². The molecule has 112 valence electrons. The first kappa shape index (κ1) is 15.6. The normalized spacial score (nSPS) is 17.9. The van der Waals surface area contributed by atoms with Crippen molar-refractivity contribution in [2.45, 2.75) is 25.8 Å². The lowest BCUT2D eigenvalue weighted by Gasteiger charge is -2.17. The molecule has 1 aromatic rings. The van der Waals surface area contributed by atoms with Crippen LogP contribution in [0.1, 0.15) is 18.9 Å². The maximum absolute atomic E-state index is 11.7. The molecule has 0 unspecified atom stereocenters. The summed E-state index contributed by atoms with van der Waals surface area (Å²) in [6.07, 6.45) is 1.22. The minimum absolute atomic E-state index is 0.0117. The van der Waals surface area contributed by atoms with Crippen LogP contribution in [0.15, 0.2) is 35.3 Å². The van der Waals surface area contributed by atoms with Gasteiger partial charge in [0.05, 0.1) is 11.8 Å². The molecule has 1 atom stereocenters. The molecule has 21 heavy (non-hydrogen) atoms. The van der Waals surface area contributed by atoms with Gasteiger partial charge in [0.2, 0.25) is 11.8 Å². The van der Waals surface area contributed by atoms with Gasteiger partial charge < -0.3 is 10.6 Å². The molecular formula is C15H19N3O2S. The number of amides is 2. The van der Waals surface area contributed by atoms with Crippen molar-refractivity contribution < 1.29 is 9.59 Å². The van der Waals surface area contributed by atoms with Crippen LogP contribution in [0.4, 0.5) is 0 Å². The number of carbonyl (C=O) groups is 2. The summed E-state index contributed by atoms with van der Waals surface area (Å²) in [5, 5.41) is 6.08. The largest absolute Gasteiger partial charge is 0.355 e. The lowest BCUT2D eigenvalue weighted by Crippen LogP contribution is -2.37. The van der Waals surface area contributed by atoms with E-state index in [4.69, 9.17) is 0 Å². The molecule has 5 nitrogen and oxygen atoms in total. The highest BCUT2D eigenvalue weighted by molar-refractivity contribution is 8.14. The lowest BCUT2D eigenvalue weighted by atomic mass is 10.1. The Morgan fingerprint density at radius 3 is 2.90 bits per heavy atom. The molecule has 0 aliphatic carbocycles. The van der Waals surface area contributed by atoms with Gasteiger partial charge in [-0.15, -0.1) is 0 Å². The summed E-state index contributed by atoms with van der Waals surface area (Å²) < 4.78 is 0. The Hall–Kier alpha value is -1.82. The maximum Gasteiger partial charge on any atom is 0.230 e. The van der Waals surface area contributed by atoms with Crippen LogP contribution in [-0.4, -0.2) is 35.3 Å². The zero-order valence-corrected chi connectivity index (χ0v) is 12.8. The first-order valence-electron chi connectivity index (χ1n) is 6.94. The summed E-state index contributed by atoms with van der Waals surface area (Å²) >= 11 is 1.27. The fourth-order valence-corrected chi connectivity index (χ4v) is 2.78. The van der Waals surface area contributed by atoms with Crippen LogP contribution >= 0.6 is 11.8 Å². The Morgan fingerprint density at radius 2 is 2.19 bits per heavy atom. The molecule has 6 heteroatoms. The molecule has 1 aromatic carbocycles. The predicted molar refractivity (Wildman–Crippen MR) is 85.3 cm³/mol. The second-order valence-electron chi connectivity index (χ2n) is 4.91. The van der Waals surface area contributed by atoms with Gasteiger partial charge in [-0.2, -0.15) is 0 Å². The molecule has 0 saturated carbocycles. The van der Waals surface area contributed by atoms with E-state index >= 15 is 0 Å². The minimum Gasteiger partial charge on any atom is -0.355 e. The second-order valence-corrected chi connectivity index (χ2v) is 5.87. The molecule has 2 rings (SSSR count). The van der Waals surface area contributed by atoms with Crippen LogP contribution in [0, 0.1) is 0 Å². The summed E-state index contributed by atoms with van der Waals surface area (Å²) in [4.78, 5) is 27.4. The number of nitrogens with one attached hydrogen (secondary N) is 2. The fourth-order valence-electron chi connectivity index (χ4n) is 1.97. The van der Waals surface area contributed by atoms with Gasteiger partial charge in [0, 0.05) is 13.0 Å². The van der Waals surface area contributed by atoms with Gasteiger partial charge in [-0.25, -0.2) is 0 Å². The van der Waals surface area contributed by atoms with E-state index in [-0.39, 0.29) is 23.6 Å². The third-order valence-electron chi connectivity index (χ3n) is 2.98. The van der Waals surface area contributed by atoms with Crippen molar-refractivity contribution in [2.75, 3.05) is 12.3 Å². The van der Waals surface area contributed by atoms with Gasteiger partial charge >= 0.3 is 0 Å². The number of aliphatic imine (C=N–C) groups is 1. The Kier molecular flexibility index (Phi) is 5.80. The van der Waals surface area contributed by atoms with Crippen LogP contribution < -0.4 is 10.6 Å². The SMILES string of the molecule is C[C@H]1CC(=O)NC(SCC(=O)NCCc2ccccc2)=N1. The van der Waals surface area contributed by atoms with Gasteiger partial charge in [0.25, 0.3) is 0 Å². The van der Waals surface area contributed by atoms with Gasteiger partial charge in [-0.05, 0) is 18.9 Å². The Labute approximate surface area is 128 Å². The monoisotopic (exact) mass is 305 g/mol. The molecule has 0 radical (unpaired) electrons. The Morgan fingerprint density at radius 1 is 1.43 bits per heavy atom. The number of benzene rings is 1. The van der Waals surface area contributed by atoms with Crippen LogP contribution in [0.3, 0.4) is 0 Å². The summed E-state index contributed by atoms with van der Waals surface area (Å²) in [6.45, 7) is 2.50. The lowest BCUT2D eigenvalue weighted by molar-refractivity contribution is -0.120. The maximum atomic E-state index is 11.7. The number of hydrogen-bond acceptors (Lipinski definition) is 4. The van der Waals surface area contributed by atoms with Crippen LogP contribution in [0.5, 0.6) is 0 Å². The Balaban J connectivity index is 1.67. The first-order valence-corrected chi connectivity index (χ1v) is 7.93. The number of rotatable bonds is 5. The standard InChI is InChI=1S/C15H19N3O2S/c1-11-9-13(19)18-15(17-11)21-10-14(20)16-8-7-12-5-3-2-4-6-12/h2-6,11H,7-10H2,1H3,(H,16,20)(H,17,18,19)/t11-/m0/s1. The van der Waals surface area contributed by atoms with Crippen molar-refractivity contribution in [1.82, 2.24) is 10.6 Å². The smallest absolute Gasteiger partial charge is 0.230 e. The number of hydrogen-bond donors (Lipinski definition) is 2.